The molecule has 0 aliphatic carbocycles. The maximum Gasteiger partial charge on any atom is 0.490 e. The Bertz CT molecular complexity index is 1230. The fourth-order valence-electron chi connectivity index (χ4n) is 2.78. The van der Waals surface area contributed by atoms with Gasteiger partial charge in [-0.2, -0.15) is 18.3 Å². The van der Waals surface area contributed by atoms with E-state index >= 15 is 0 Å². The molecule has 0 bridgehead atoms. The minimum absolute atomic E-state index is 0.700. The number of imidazole rings is 1. The third kappa shape index (κ3) is 6.42. The van der Waals surface area contributed by atoms with E-state index in [1.165, 1.54) is 0 Å². The van der Waals surface area contributed by atoms with Gasteiger partial charge >= 0.3 is 12.1 Å². The Morgan fingerprint density at radius 1 is 1.15 bits per heavy atom. The summed E-state index contributed by atoms with van der Waals surface area (Å²) in [6, 6.07) is 11.8. The first-order valence-corrected chi connectivity index (χ1v) is 9.97. The first kappa shape index (κ1) is 24.0. The van der Waals surface area contributed by atoms with E-state index in [1.807, 2.05) is 67.3 Å². The average Bonchev–Trinajstić information content (AvgIpc) is 3.36. The van der Waals surface area contributed by atoms with Gasteiger partial charge in [0.2, 0.25) is 0 Å². The van der Waals surface area contributed by atoms with E-state index in [9.17, 15) is 13.2 Å². The van der Waals surface area contributed by atoms with Crippen molar-refractivity contribution in [3.63, 3.8) is 0 Å². The Morgan fingerprint density at radius 3 is 2.39 bits per heavy atom. The van der Waals surface area contributed by atoms with Crippen molar-refractivity contribution in [2.75, 3.05) is 0 Å². The van der Waals surface area contributed by atoms with Crippen LogP contribution in [0.1, 0.15) is 17.0 Å². The second-order valence-corrected chi connectivity index (χ2v) is 7.52. The molecule has 0 aliphatic heterocycles. The van der Waals surface area contributed by atoms with Gasteiger partial charge in [-0.25, -0.2) is 9.78 Å². The van der Waals surface area contributed by atoms with Gasteiger partial charge < -0.3 is 10.1 Å². The lowest BCUT2D eigenvalue weighted by molar-refractivity contribution is -0.192. The number of nitrogens with one attached hydrogen (secondary N) is 1. The van der Waals surface area contributed by atoms with E-state index in [0.29, 0.717) is 6.54 Å². The zero-order valence-electron chi connectivity index (χ0n) is 17.6. The number of carboxylic acids is 1. The van der Waals surface area contributed by atoms with E-state index in [0.717, 1.165) is 44.6 Å². The Kier molecular flexibility index (Phi) is 7.17. The highest BCUT2D eigenvalue weighted by Crippen LogP contribution is 2.24. The summed E-state index contributed by atoms with van der Waals surface area (Å²) in [5, 5.41) is 12.3. The number of carbonyl (C=O) groups is 1. The van der Waals surface area contributed by atoms with Gasteiger partial charge in [-0.3, -0.25) is 9.67 Å². The molecule has 4 rings (SSSR count). The third-order valence-corrected chi connectivity index (χ3v) is 4.85. The minimum atomic E-state index is -5.08. The number of H-pyrrole nitrogens is 1. The van der Waals surface area contributed by atoms with Crippen LogP contribution >= 0.6 is 11.6 Å². The first-order valence-electron chi connectivity index (χ1n) is 9.60. The lowest BCUT2D eigenvalue weighted by Gasteiger charge is -2.02. The standard InChI is InChI=1S/C20H18ClN5.C2HF3O2/c1-13-14(2)25-20(24-13)19-9-16(7-8-22-19)17-10-23-26(12-17)11-15-3-5-18(21)6-4-15;3-2(4,5)1(6)7/h3-10,12H,11H2,1-2H3,(H,24,25);(H,6,7). The lowest BCUT2D eigenvalue weighted by Crippen LogP contribution is -2.21. The third-order valence-electron chi connectivity index (χ3n) is 4.60. The number of halogens is 4. The largest absolute Gasteiger partial charge is 0.490 e. The first-order chi connectivity index (χ1) is 15.5. The quantitative estimate of drug-likeness (QED) is 0.416. The number of carboxylic acid groups (broad SMARTS) is 1. The van der Waals surface area contributed by atoms with Gasteiger partial charge in [-0.05, 0) is 49.2 Å². The van der Waals surface area contributed by atoms with Gasteiger partial charge in [0.05, 0.1) is 18.4 Å². The van der Waals surface area contributed by atoms with Gasteiger partial charge in [0.15, 0.2) is 5.82 Å². The number of rotatable bonds is 4. The number of alkyl halides is 3. The Hall–Kier alpha value is -3.66. The normalized spacial score (nSPS) is 11.1. The molecule has 0 saturated carbocycles. The Balaban J connectivity index is 0.000000383. The molecule has 7 nitrogen and oxygen atoms in total. The zero-order chi connectivity index (χ0) is 24.2. The van der Waals surface area contributed by atoms with Crippen molar-refractivity contribution in [3.05, 3.63) is 77.0 Å². The van der Waals surface area contributed by atoms with Gasteiger partial charge in [-0.15, -0.1) is 0 Å². The number of hydrogen-bond donors (Lipinski definition) is 2. The fourth-order valence-corrected chi connectivity index (χ4v) is 2.91. The molecule has 33 heavy (non-hydrogen) atoms. The highest BCUT2D eigenvalue weighted by Gasteiger charge is 2.38. The van der Waals surface area contributed by atoms with E-state index in [-0.39, 0.29) is 0 Å². The van der Waals surface area contributed by atoms with Crippen LogP contribution < -0.4 is 0 Å². The molecule has 0 atom stereocenters. The van der Waals surface area contributed by atoms with Gasteiger partial charge in [0.25, 0.3) is 0 Å². The summed E-state index contributed by atoms with van der Waals surface area (Å²) in [6.07, 6.45) is 0.619. The summed E-state index contributed by atoms with van der Waals surface area (Å²) in [5.41, 5.74) is 6.13. The van der Waals surface area contributed by atoms with Crippen LogP contribution in [0, 0.1) is 13.8 Å². The molecule has 0 spiro atoms. The molecule has 0 fully saturated rings. The Morgan fingerprint density at radius 2 is 1.82 bits per heavy atom. The predicted molar refractivity (Wildman–Crippen MR) is 117 cm³/mol. The highest BCUT2D eigenvalue weighted by molar-refractivity contribution is 6.30. The number of aliphatic carboxylic acids is 1. The minimum Gasteiger partial charge on any atom is -0.475 e. The molecule has 11 heteroatoms. The number of aryl methyl sites for hydroxylation is 2. The summed E-state index contributed by atoms with van der Waals surface area (Å²) in [6.45, 7) is 4.70. The van der Waals surface area contributed by atoms with Crippen LogP contribution in [0.4, 0.5) is 13.2 Å². The van der Waals surface area contributed by atoms with Crippen LogP contribution in [0.25, 0.3) is 22.6 Å². The van der Waals surface area contributed by atoms with Crippen LogP contribution in [0.2, 0.25) is 5.02 Å². The molecule has 4 aromatic rings. The SMILES string of the molecule is Cc1nc(-c2cc(-c3cnn(Cc4ccc(Cl)cc4)c3)ccn2)[nH]c1C.O=C(O)C(F)(F)F. The summed E-state index contributed by atoms with van der Waals surface area (Å²) in [7, 11) is 0. The van der Waals surface area contributed by atoms with E-state index in [1.54, 1.807) is 6.20 Å². The summed E-state index contributed by atoms with van der Waals surface area (Å²) in [5.74, 6) is -1.97. The van der Waals surface area contributed by atoms with E-state index < -0.39 is 12.1 Å². The van der Waals surface area contributed by atoms with Crippen LogP contribution in [-0.4, -0.2) is 42.0 Å². The number of nitrogens with zero attached hydrogens (tertiary/aromatic N) is 4. The molecule has 3 heterocycles. The van der Waals surface area contributed by atoms with Crippen molar-refractivity contribution in [2.24, 2.45) is 0 Å². The number of benzene rings is 1. The number of pyridine rings is 1. The molecule has 1 aromatic carbocycles. The molecular weight excluding hydrogens is 459 g/mol. The molecule has 3 aromatic heterocycles. The van der Waals surface area contributed by atoms with Crippen molar-refractivity contribution in [1.82, 2.24) is 24.7 Å². The van der Waals surface area contributed by atoms with Gasteiger partial charge in [0, 0.05) is 28.7 Å². The smallest absolute Gasteiger partial charge is 0.475 e. The Labute approximate surface area is 191 Å². The molecule has 0 saturated heterocycles. The molecule has 0 unspecified atom stereocenters. The highest BCUT2D eigenvalue weighted by atomic mass is 35.5. The van der Waals surface area contributed by atoms with E-state index in [4.69, 9.17) is 21.5 Å². The predicted octanol–water partition coefficient (Wildman–Crippen LogP) is 5.29. The number of aromatic amines is 1. The van der Waals surface area contributed by atoms with Crippen LogP contribution in [0.5, 0.6) is 0 Å². The van der Waals surface area contributed by atoms with Gasteiger partial charge in [0.1, 0.15) is 5.69 Å². The van der Waals surface area contributed by atoms with Crippen molar-refractivity contribution in [1.29, 1.82) is 0 Å². The van der Waals surface area contributed by atoms with Crippen LogP contribution in [0.3, 0.4) is 0 Å². The molecule has 0 aliphatic rings. The monoisotopic (exact) mass is 477 g/mol. The van der Waals surface area contributed by atoms with Crippen molar-refractivity contribution >= 4 is 17.6 Å². The summed E-state index contributed by atoms with van der Waals surface area (Å²) >= 11 is 5.94. The van der Waals surface area contributed by atoms with Crippen LogP contribution in [-0.2, 0) is 11.3 Å². The second kappa shape index (κ2) is 9.86. The number of aromatic nitrogens is 5. The fraction of sp³-hybridized carbons (Fsp3) is 0.182. The number of hydrogen-bond acceptors (Lipinski definition) is 4. The van der Waals surface area contributed by atoms with E-state index in [2.05, 4.69) is 20.1 Å². The topological polar surface area (TPSA) is 96.7 Å². The van der Waals surface area contributed by atoms with Crippen molar-refractivity contribution in [3.8, 4) is 22.6 Å². The maximum atomic E-state index is 10.6. The second-order valence-electron chi connectivity index (χ2n) is 7.08. The van der Waals surface area contributed by atoms with Gasteiger partial charge in [-0.1, -0.05) is 23.7 Å². The summed E-state index contributed by atoms with van der Waals surface area (Å²) in [4.78, 5) is 21.1. The lowest BCUT2D eigenvalue weighted by atomic mass is 10.1. The van der Waals surface area contributed by atoms with Crippen molar-refractivity contribution < 1.29 is 23.1 Å². The maximum absolute atomic E-state index is 10.6. The molecule has 2 N–H and O–H groups in total. The molecule has 0 amide bonds. The van der Waals surface area contributed by atoms with Crippen LogP contribution in [0.15, 0.2) is 55.0 Å². The zero-order valence-corrected chi connectivity index (χ0v) is 18.3. The average molecular weight is 478 g/mol. The summed E-state index contributed by atoms with van der Waals surface area (Å²) < 4.78 is 33.7. The molecule has 0 radical (unpaired) electrons. The van der Waals surface area contributed by atoms with Crippen molar-refractivity contribution in [2.45, 2.75) is 26.6 Å². The molecule has 172 valence electrons. The molecular formula is C22H19ClF3N5O2.